The average Bonchev–Trinajstić information content (AvgIpc) is 2.55. The predicted molar refractivity (Wildman–Crippen MR) is 97.0 cm³/mol. The second kappa shape index (κ2) is 8.40. The van der Waals surface area contributed by atoms with Crippen molar-refractivity contribution in [2.24, 2.45) is 0 Å². The summed E-state index contributed by atoms with van der Waals surface area (Å²) in [4.78, 5) is 0.346. The van der Waals surface area contributed by atoms with Crippen LogP contribution in [-0.2, 0) is 10.0 Å². The van der Waals surface area contributed by atoms with Crippen LogP contribution < -0.4 is 9.46 Å². The maximum absolute atomic E-state index is 12.5. The van der Waals surface area contributed by atoms with Crippen LogP contribution in [0.4, 0.5) is 0 Å². The zero-order valence-electron chi connectivity index (χ0n) is 14.2. The molecule has 0 saturated heterocycles. The van der Waals surface area contributed by atoms with E-state index in [0.717, 1.165) is 16.9 Å². The third-order valence-electron chi connectivity index (χ3n) is 4.50. The molecule has 0 atom stereocenters. The van der Waals surface area contributed by atoms with Gasteiger partial charge in [0.15, 0.2) is 0 Å². The van der Waals surface area contributed by atoms with E-state index in [0.29, 0.717) is 22.4 Å². The molecule has 1 aromatic rings. The quantitative estimate of drug-likeness (QED) is 0.757. The highest BCUT2D eigenvalue weighted by Crippen LogP contribution is 2.28. The van der Waals surface area contributed by atoms with Gasteiger partial charge in [-0.15, -0.1) is 0 Å². The number of thioether (sulfide) groups is 1. The summed E-state index contributed by atoms with van der Waals surface area (Å²) < 4.78 is 33.0. The minimum Gasteiger partial charge on any atom is -0.496 e. The Labute approximate surface area is 144 Å². The van der Waals surface area contributed by atoms with Crippen molar-refractivity contribution in [3.63, 3.8) is 0 Å². The molecule has 6 heteroatoms. The van der Waals surface area contributed by atoms with Gasteiger partial charge in [-0.1, -0.05) is 19.3 Å². The van der Waals surface area contributed by atoms with Gasteiger partial charge in [-0.2, -0.15) is 11.8 Å². The third kappa shape index (κ3) is 4.88. The van der Waals surface area contributed by atoms with E-state index in [4.69, 9.17) is 4.74 Å². The van der Waals surface area contributed by atoms with Gasteiger partial charge in [-0.05, 0) is 49.9 Å². The van der Waals surface area contributed by atoms with Crippen LogP contribution in [0.25, 0.3) is 0 Å². The number of sulfonamides is 1. The Morgan fingerprint density at radius 3 is 2.52 bits per heavy atom. The number of hydrogen-bond acceptors (Lipinski definition) is 4. The average molecular weight is 358 g/mol. The Morgan fingerprint density at radius 1 is 1.17 bits per heavy atom. The molecular weight excluding hydrogens is 330 g/mol. The Bertz CT molecular complexity index is 623. The van der Waals surface area contributed by atoms with E-state index in [-0.39, 0.29) is 0 Å². The first kappa shape index (κ1) is 18.6. The molecule has 1 aliphatic carbocycles. The molecular formula is C17H27NO3S2. The summed E-state index contributed by atoms with van der Waals surface area (Å²) in [6.45, 7) is 4.18. The second-order valence-electron chi connectivity index (χ2n) is 6.04. The van der Waals surface area contributed by atoms with Gasteiger partial charge in [0, 0.05) is 17.5 Å². The largest absolute Gasteiger partial charge is 0.496 e. The van der Waals surface area contributed by atoms with E-state index in [1.54, 1.807) is 19.2 Å². The smallest absolute Gasteiger partial charge is 0.240 e. The van der Waals surface area contributed by atoms with Crippen molar-refractivity contribution >= 4 is 21.8 Å². The lowest BCUT2D eigenvalue weighted by Crippen LogP contribution is -2.27. The molecule has 0 bridgehead atoms. The molecule has 1 aliphatic rings. The van der Waals surface area contributed by atoms with Crippen molar-refractivity contribution in [3.05, 3.63) is 23.3 Å². The van der Waals surface area contributed by atoms with E-state index in [1.807, 2.05) is 25.6 Å². The highest BCUT2D eigenvalue weighted by atomic mass is 32.2. The first-order valence-corrected chi connectivity index (χ1v) is 10.7. The molecule has 2 rings (SSSR count). The summed E-state index contributed by atoms with van der Waals surface area (Å²) in [5, 5.41) is 0.707. The highest BCUT2D eigenvalue weighted by Gasteiger charge is 2.19. The summed E-state index contributed by atoms with van der Waals surface area (Å²) in [7, 11) is -1.87. The topological polar surface area (TPSA) is 55.4 Å². The first-order valence-electron chi connectivity index (χ1n) is 8.21. The molecule has 4 nitrogen and oxygen atoms in total. The molecule has 0 aliphatic heterocycles. The molecule has 1 fully saturated rings. The van der Waals surface area contributed by atoms with Gasteiger partial charge in [0.05, 0.1) is 12.0 Å². The maximum atomic E-state index is 12.5. The van der Waals surface area contributed by atoms with Crippen LogP contribution in [0.15, 0.2) is 17.0 Å². The lowest BCUT2D eigenvalue weighted by Gasteiger charge is -2.21. The first-order chi connectivity index (χ1) is 11.0. The fourth-order valence-electron chi connectivity index (χ4n) is 2.99. The van der Waals surface area contributed by atoms with Crippen LogP contribution >= 0.6 is 11.8 Å². The molecule has 0 unspecified atom stereocenters. The monoisotopic (exact) mass is 357 g/mol. The third-order valence-corrected chi connectivity index (χ3v) is 7.49. The fourth-order valence-corrected chi connectivity index (χ4v) is 5.67. The van der Waals surface area contributed by atoms with Crippen LogP contribution in [0.1, 0.15) is 43.2 Å². The van der Waals surface area contributed by atoms with Crippen molar-refractivity contribution < 1.29 is 13.2 Å². The van der Waals surface area contributed by atoms with Gasteiger partial charge in [0.2, 0.25) is 10.0 Å². The molecule has 0 radical (unpaired) electrons. The Morgan fingerprint density at radius 2 is 1.87 bits per heavy atom. The zero-order valence-corrected chi connectivity index (χ0v) is 15.9. The van der Waals surface area contributed by atoms with E-state index in [1.165, 1.54) is 32.1 Å². The van der Waals surface area contributed by atoms with Crippen LogP contribution in [0, 0.1) is 13.8 Å². The molecule has 130 valence electrons. The van der Waals surface area contributed by atoms with E-state index < -0.39 is 10.0 Å². The zero-order chi connectivity index (χ0) is 16.9. The summed E-state index contributed by atoms with van der Waals surface area (Å²) in [6, 6.07) is 3.34. The lowest BCUT2D eigenvalue weighted by atomic mass is 10.0. The molecule has 0 heterocycles. The van der Waals surface area contributed by atoms with Crippen LogP contribution in [0.5, 0.6) is 5.75 Å². The standard InChI is InChI=1S/C17H27NO3S2/c1-13-14(2)17(10-9-16(13)21-3)23(19,20)18-11-12-22-15-7-5-4-6-8-15/h9-10,15,18H,4-8,11-12H2,1-3H3. The van der Waals surface area contributed by atoms with Gasteiger partial charge in [-0.3, -0.25) is 0 Å². The van der Waals surface area contributed by atoms with Gasteiger partial charge in [0.25, 0.3) is 0 Å². The molecule has 0 amide bonds. The van der Waals surface area contributed by atoms with Crippen molar-refractivity contribution in [2.45, 2.75) is 56.1 Å². The molecule has 0 aromatic heterocycles. The Kier molecular flexibility index (Phi) is 6.80. The molecule has 1 N–H and O–H groups in total. The summed E-state index contributed by atoms with van der Waals surface area (Å²) in [6.07, 6.45) is 6.52. The second-order valence-corrected chi connectivity index (χ2v) is 9.19. The number of methoxy groups -OCH3 is 1. The van der Waals surface area contributed by atoms with Crippen molar-refractivity contribution in [1.29, 1.82) is 0 Å². The lowest BCUT2D eigenvalue weighted by molar-refractivity contribution is 0.410. The van der Waals surface area contributed by atoms with Gasteiger partial charge in [-0.25, -0.2) is 13.1 Å². The molecule has 23 heavy (non-hydrogen) atoms. The van der Waals surface area contributed by atoms with Crippen LogP contribution in [-0.4, -0.2) is 33.1 Å². The normalized spacial score (nSPS) is 16.5. The van der Waals surface area contributed by atoms with Crippen molar-refractivity contribution in [2.75, 3.05) is 19.4 Å². The van der Waals surface area contributed by atoms with E-state index in [2.05, 4.69) is 4.72 Å². The van der Waals surface area contributed by atoms with E-state index in [9.17, 15) is 8.42 Å². The van der Waals surface area contributed by atoms with Crippen molar-refractivity contribution in [1.82, 2.24) is 4.72 Å². The Balaban J connectivity index is 1.92. The van der Waals surface area contributed by atoms with Gasteiger partial charge < -0.3 is 4.74 Å². The summed E-state index contributed by atoms with van der Waals surface area (Å²) in [5.41, 5.74) is 1.61. The van der Waals surface area contributed by atoms with Gasteiger partial charge in [0.1, 0.15) is 5.75 Å². The van der Waals surface area contributed by atoms with Crippen LogP contribution in [0.3, 0.4) is 0 Å². The number of rotatable bonds is 7. The minimum absolute atomic E-state index is 0.346. The summed E-state index contributed by atoms with van der Waals surface area (Å²) >= 11 is 1.90. The number of hydrogen-bond donors (Lipinski definition) is 1. The number of benzene rings is 1. The highest BCUT2D eigenvalue weighted by molar-refractivity contribution is 8.00. The predicted octanol–water partition coefficient (Wildman–Crippen LogP) is 3.66. The minimum atomic E-state index is -3.46. The Hall–Kier alpha value is -0.720. The van der Waals surface area contributed by atoms with Gasteiger partial charge >= 0.3 is 0 Å². The number of nitrogens with one attached hydrogen (secondary N) is 1. The fraction of sp³-hybridized carbons (Fsp3) is 0.647. The van der Waals surface area contributed by atoms with E-state index >= 15 is 0 Å². The SMILES string of the molecule is COc1ccc(S(=O)(=O)NCCSC2CCCCC2)c(C)c1C. The summed E-state index contributed by atoms with van der Waals surface area (Å²) in [5.74, 6) is 1.55. The maximum Gasteiger partial charge on any atom is 0.240 e. The van der Waals surface area contributed by atoms with Crippen molar-refractivity contribution in [3.8, 4) is 5.75 Å². The molecule has 1 aromatic carbocycles. The van der Waals surface area contributed by atoms with Crippen LogP contribution in [0.2, 0.25) is 0 Å². The number of ether oxygens (including phenoxy) is 1. The molecule has 1 saturated carbocycles. The molecule has 0 spiro atoms.